The molecular weight excluding hydrogens is 280 g/mol. The number of nitrogens with zero attached hydrogens (tertiary/aromatic N) is 3. The van der Waals surface area contributed by atoms with Crippen molar-refractivity contribution in [1.82, 2.24) is 20.0 Å². The normalized spacial score (nSPS) is 18.9. The smallest absolute Gasteiger partial charge is 0.236 e. The van der Waals surface area contributed by atoms with Crippen molar-refractivity contribution in [2.24, 2.45) is 5.92 Å². The van der Waals surface area contributed by atoms with E-state index in [9.17, 15) is 9.59 Å². The molecule has 2 amide bonds. The first-order chi connectivity index (χ1) is 10.6. The summed E-state index contributed by atoms with van der Waals surface area (Å²) in [7, 11) is 0. The molecule has 126 valence electrons. The monoisotopic (exact) mass is 310 g/mol. The second kappa shape index (κ2) is 8.48. The van der Waals surface area contributed by atoms with Gasteiger partial charge in [-0.1, -0.05) is 13.8 Å². The number of carbonyl (C=O) groups excluding carboxylic acids is 2. The van der Waals surface area contributed by atoms with Crippen LogP contribution in [0.5, 0.6) is 0 Å². The molecule has 0 aromatic carbocycles. The molecular formula is C16H30N4O2. The molecule has 2 fully saturated rings. The molecule has 0 unspecified atom stereocenters. The molecule has 1 aliphatic heterocycles. The van der Waals surface area contributed by atoms with E-state index in [1.54, 1.807) is 0 Å². The maximum absolute atomic E-state index is 12.2. The van der Waals surface area contributed by atoms with Crippen LogP contribution >= 0.6 is 0 Å². The molecule has 1 saturated heterocycles. The first-order valence-electron chi connectivity index (χ1n) is 8.62. The average Bonchev–Trinajstić information content (AvgIpc) is 3.36. The van der Waals surface area contributed by atoms with Gasteiger partial charge in [-0.05, 0) is 38.4 Å². The van der Waals surface area contributed by atoms with Gasteiger partial charge in [0.15, 0.2) is 0 Å². The lowest BCUT2D eigenvalue weighted by Gasteiger charge is -2.35. The molecule has 22 heavy (non-hydrogen) atoms. The Bertz CT molecular complexity index is 372. The predicted octanol–water partition coefficient (Wildman–Crippen LogP) is -0.00140. The summed E-state index contributed by atoms with van der Waals surface area (Å²) in [6, 6.07) is 0. The minimum atomic E-state index is 0.163. The molecule has 6 nitrogen and oxygen atoms in total. The Hall–Kier alpha value is -1.14. The van der Waals surface area contributed by atoms with Crippen LogP contribution < -0.4 is 5.32 Å². The van der Waals surface area contributed by atoms with Crippen molar-refractivity contribution in [1.29, 1.82) is 0 Å². The van der Waals surface area contributed by atoms with Crippen LogP contribution in [0.2, 0.25) is 0 Å². The number of hydrogen-bond acceptors (Lipinski definition) is 4. The van der Waals surface area contributed by atoms with Crippen LogP contribution in [0.1, 0.15) is 26.7 Å². The Labute approximate surface area is 133 Å². The highest BCUT2D eigenvalue weighted by molar-refractivity contribution is 5.80. The third-order valence-corrected chi connectivity index (χ3v) is 4.64. The van der Waals surface area contributed by atoms with Gasteiger partial charge in [0.05, 0.1) is 13.1 Å². The minimum absolute atomic E-state index is 0.163. The van der Waals surface area contributed by atoms with Crippen molar-refractivity contribution in [3.8, 4) is 0 Å². The zero-order chi connectivity index (χ0) is 15.9. The van der Waals surface area contributed by atoms with E-state index in [1.165, 1.54) is 12.8 Å². The summed E-state index contributed by atoms with van der Waals surface area (Å²) >= 11 is 0. The molecule has 0 aromatic rings. The van der Waals surface area contributed by atoms with E-state index in [-0.39, 0.29) is 11.8 Å². The Balaban J connectivity index is 1.65. The van der Waals surface area contributed by atoms with Crippen molar-refractivity contribution in [3.63, 3.8) is 0 Å². The molecule has 2 rings (SSSR count). The summed E-state index contributed by atoms with van der Waals surface area (Å²) in [6.45, 7) is 10.5. The highest BCUT2D eigenvalue weighted by Gasteiger charge is 2.25. The first-order valence-corrected chi connectivity index (χ1v) is 8.62. The third-order valence-electron chi connectivity index (χ3n) is 4.64. The third kappa shape index (κ3) is 5.25. The number of likely N-dealkylation sites (N-methyl/N-ethyl adjacent to an activating group) is 1. The highest BCUT2D eigenvalue weighted by Crippen LogP contribution is 2.27. The summed E-state index contributed by atoms with van der Waals surface area (Å²) in [4.78, 5) is 30.2. The quantitative estimate of drug-likeness (QED) is 0.686. The second-order valence-corrected chi connectivity index (χ2v) is 6.30. The van der Waals surface area contributed by atoms with E-state index < -0.39 is 0 Å². The Kier molecular flexibility index (Phi) is 6.64. The maximum Gasteiger partial charge on any atom is 0.236 e. The van der Waals surface area contributed by atoms with Crippen molar-refractivity contribution in [2.45, 2.75) is 26.7 Å². The fourth-order valence-corrected chi connectivity index (χ4v) is 2.76. The average molecular weight is 310 g/mol. The molecule has 1 saturated carbocycles. The van der Waals surface area contributed by atoms with Crippen LogP contribution in [0.25, 0.3) is 0 Å². The second-order valence-electron chi connectivity index (χ2n) is 6.30. The highest BCUT2D eigenvalue weighted by atomic mass is 16.2. The molecule has 1 heterocycles. The van der Waals surface area contributed by atoms with Gasteiger partial charge in [-0.2, -0.15) is 0 Å². The lowest BCUT2D eigenvalue weighted by Crippen LogP contribution is -2.54. The van der Waals surface area contributed by atoms with E-state index in [1.807, 2.05) is 9.80 Å². The summed E-state index contributed by atoms with van der Waals surface area (Å²) in [5, 5.41) is 3.24. The summed E-state index contributed by atoms with van der Waals surface area (Å²) < 4.78 is 0. The minimum Gasteiger partial charge on any atom is -0.338 e. The van der Waals surface area contributed by atoms with Gasteiger partial charge in [-0.3, -0.25) is 14.5 Å². The largest absolute Gasteiger partial charge is 0.338 e. The fraction of sp³-hybridized carbons (Fsp3) is 0.875. The van der Waals surface area contributed by atoms with Gasteiger partial charge in [0.2, 0.25) is 11.8 Å². The Morgan fingerprint density at radius 1 is 1.00 bits per heavy atom. The number of amides is 2. The molecule has 1 N–H and O–H groups in total. The summed E-state index contributed by atoms with van der Waals surface area (Å²) in [6.07, 6.45) is 2.60. The van der Waals surface area contributed by atoms with Crippen LogP contribution in [0, 0.1) is 5.92 Å². The first kappa shape index (κ1) is 17.2. The topological polar surface area (TPSA) is 55.9 Å². The molecule has 0 atom stereocenters. The van der Waals surface area contributed by atoms with E-state index in [0.717, 1.165) is 25.6 Å². The molecule has 0 bridgehead atoms. The van der Waals surface area contributed by atoms with Crippen LogP contribution in [0.3, 0.4) is 0 Å². The van der Waals surface area contributed by atoms with Gasteiger partial charge < -0.3 is 15.1 Å². The van der Waals surface area contributed by atoms with Gasteiger partial charge >= 0.3 is 0 Å². The fourth-order valence-electron chi connectivity index (χ4n) is 2.76. The van der Waals surface area contributed by atoms with Crippen molar-refractivity contribution in [2.75, 3.05) is 58.9 Å². The van der Waals surface area contributed by atoms with E-state index in [2.05, 4.69) is 24.1 Å². The summed E-state index contributed by atoms with van der Waals surface area (Å²) in [5.41, 5.74) is 0. The molecule has 6 heteroatoms. The van der Waals surface area contributed by atoms with Gasteiger partial charge in [0, 0.05) is 26.2 Å². The predicted molar refractivity (Wildman–Crippen MR) is 86.5 cm³/mol. The number of piperazine rings is 1. The van der Waals surface area contributed by atoms with Crippen LogP contribution in [0.4, 0.5) is 0 Å². The molecule has 2 aliphatic rings. The van der Waals surface area contributed by atoms with Gasteiger partial charge in [0.1, 0.15) is 0 Å². The maximum atomic E-state index is 12.2. The zero-order valence-electron chi connectivity index (χ0n) is 14.0. The van der Waals surface area contributed by atoms with Crippen molar-refractivity contribution < 1.29 is 9.59 Å². The van der Waals surface area contributed by atoms with E-state index in [4.69, 9.17) is 0 Å². The lowest BCUT2D eigenvalue weighted by molar-refractivity contribution is -0.139. The van der Waals surface area contributed by atoms with Crippen LogP contribution in [-0.4, -0.2) is 85.4 Å². The summed E-state index contributed by atoms with van der Waals surface area (Å²) in [5.74, 6) is 1.14. The molecule has 0 radical (unpaired) electrons. The zero-order valence-corrected chi connectivity index (χ0v) is 14.0. The van der Waals surface area contributed by atoms with E-state index in [0.29, 0.717) is 39.3 Å². The Morgan fingerprint density at radius 3 is 2.05 bits per heavy atom. The molecule has 1 aliphatic carbocycles. The van der Waals surface area contributed by atoms with Gasteiger partial charge in [-0.25, -0.2) is 0 Å². The number of nitrogens with one attached hydrogen (secondary N) is 1. The van der Waals surface area contributed by atoms with Crippen molar-refractivity contribution >= 4 is 11.8 Å². The van der Waals surface area contributed by atoms with Crippen LogP contribution in [0.15, 0.2) is 0 Å². The van der Waals surface area contributed by atoms with Gasteiger partial charge in [-0.15, -0.1) is 0 Å². The Morgan fingerprint density at radius 2 is 1.55 bits per heavy atom. The van der Waals surface area contributed by atoms with Crippen molar-refractivity contribution in [3.05, 3.63) is 0 Å². The number of rotatable bonds is 8. The molecule has 0 aromatic heterocycles. The SMILES string of the molecule is CCN(CC)CC(=O)N1CCN(C(=O)CNCC2CC2)CC1. The van der Waals surface area contributed by atoms with Gasteiger partial charge in [0.25, 0.3) is 0 Å². The number of hydrogen-bond donors (Lipinski definition) is 1. The molecule has 0 spiro atoms. The van der Waals surface area contributed by atoms with E-state index >= 15 is 0 Å². The lowest BCUT2D eigenvalue weighted by atomic mass is 10.3. The number of carbonyl (C=O) groups is 2. The van der Waals surface area contributed by atoms with Crippen LogP contribution in [-0.2, 0) is 9.59 Å². The standard InChI is InChI=1S/C16H30N4O2/c1-3-18(4-2)13-16(22)20-9-7-19(8-10-20)15(21)12-17-11-14-5-6-14/h14,17H,3-13H2,1-2H3.